The van der Waals surface area contributed by atoms with E-state index in [1.54, 1.807) is 51.1 Å². The molecule has 1 N–H and O–H groups in total. The van der Waals surface area contributed by atoms with Crippen LogP contribution >= 0.6 is 0 Å². The molecule has 1 aliphatic rings. The van der Waals surface area contributed by atoms with Gasteiger partial charge in [-0.1, -0.05) is 30.3 Å². The van der Waals surface area contributed by atoms with Crippen LogP contribution in [0.5, 0.6) is 0 Å². The second-order valence-electron chi connectivity index (χ2n) is 9.10. The van der Waals surface area contributed by atoms with Gasteiger partial charge in [-0.3, -0.25) is 4.79 Å². The number of ether oxygens (including phenoxy) is 3. The molecular formula is C24H33NO8. The standard InChI is InChI=1S/C24H33NO8/c1-7-31-20(28)24(21(29)32-8-2)23(6,30)15-18(26)25(24)17(19(27)33-22(3,4)5)14-16-12-10-9-11-13-16/h9-13,17,30H,7-8,14-15H2,1-6H3/t17-,23?/m1/s1. The number of hydrogen-bond acceptors (Lipinski definition) is 8. The van der Waals surface area contributed by atoms with Crippen LogP contribution in [0.25, 0.3) is 0 Å². The lowest BCUT2D eigenvalue weighted by molar-refractivity contribution is -0.194. The Morgan fingerprint density at radius 3 is 2.03 bits per heavy atom. The van der Waals surface area contributed by atoms with Crippen molar-refractivity contribution in [2.24, 2.45) is 0 Å². The molecule has 0 aromatic heterocycles. The number of amides is 1. The predicted molar refractivity (Wildman–Crippen MR) is 118 cm³/mol. The Morgan fingerprint density at radius 1 is 1.06 bits per heavy atom. The minimum atomic E-state index is -2.58. The molecule has 0 aliphatic carbocycles. The number of aliphatic hydroxyl groups is 1. The second kappa shape index (κ2) is 9.91. The molecular weight excluding hydrogens is 430 g/mol. The number of likely N-dealkylation sites (tertiary alicyclic amines) is 1. The maximum Gasteiger partial charge on any atom is 0.347 e. The van der Waals surface area contributed by atoms with E-state index in [0.29, 0.717) is 5.56 Å². The van der Waals surface area contributed by atoms with Crippen LogP contribution in [-0.2, 0) is 39.8 Å². The molecule has 1 aromatic carbocycles. The van der Waals surface area contributed by atoms with Gasteiger partial charge in [-0.25, -0.2) is 14.4 Å². The summed E-state index contributed by atoms with van der Waals surface area (Å²) in [4.78, 5) is 54.0. The Hall–Kier alpha value is -2.94. The first-order valence-electron chi connectivity index (χ1n) is 11.0. The van der Waals surface area contributed by atoms with Crippen molar-refractivity contribution < 1.29 is 38.5 Å². The molecule has 1 heterocycles. The van der Waals surface area contributed by atoms with Crippen molar-refractivity contribution in [1.29, 1.82) is 0 Å². The minimum Gasteiger partial charge on any atom is -0.464 e. The zero-order valence-electron chi connectivity index (χ0n) is 20.0. The van der Waals surface area contributed by atoms with Crippen LogP contribution in [0, 0.1) is 0 Å². The van der Waals surface area contributed by atoms with Crippen LogP contribution in [0.2, 0.25) is 0 Å². The zero-order valence-corrected chi connectivity index (χ0v) is 20.0. The van der Waals surface area contributed by atoms with Crippen LogP contribution in [0.4, 0.5) is 0 Å². The second-order valence-corrected chi connectivity index (χ2v) is 9.10. The van der Waals surface area contributed by atoms with Crippen molar-refractivity contribution in [2.75, 3.05) is 13.2 Å². The average Bonchev–Trinajstić information content (AvgIpc) is 2.91. The molecule has 9 heteroatoms. The van der Waals surface area contributed by atoms with Gasteiger partial charge in [0.25, 0.3) is 5.54 Å². The number of carbonyl (C=O) groups is 4. The molecule has 0 saturated carbocycles. The molecule has 0 spiro atoms. The quantitative estimate of drug-likeness (QED) is 0.352. The zero-order chi connectivity index (χ0) is 25.0. The first-order valence-corrected chi connectivity index (χ1v) is 11.0. The maximum absolute atomic E-state index is 13.4. The fraction of sp³-hybridized carbons (Fsp3) is 0.583. The van der Waals surface area contributed by atoms with E-state index in [1.165, 1.54) is 20.8 Å². The summed E-state index contributed by atoms with van der Waals surface area (Å²) in [5.41, 5.74) is -5.02. The lowest BCUT2D eigenvalue weighted by atomic mass is 9.80. The summed E-state index contributed by atoms with van der Waals surface area (Å²) in [6.07, 6.45) is -0.642. The number of rotatable bonds is 8. The smallest absolute Gasteiger partial charge is 0.347 e. The van der Waals surface area contributed by atoms with Gasteiger partial charge in [-0.15, -0.1) is 0 Å². The van der Waals surface area contributed by atoms with E-state index < -0.39 is 53.0 Å². The molecule has 1 aliphatic heterocycles. The van der Waals surface area contributed by atoms with E-state index in [2.05, 4.69) is 0 Å². The minimum absolute atomic E-state index is 0.0574. The van der Waals surface area contributed by atoms with Crippen LogP contribution in [-0.4, -0.2) is 69.8 Å². The monoisotopic (exact) mass is 463 g/mol. The van der Waals surface area contributed by atoms with Crippen molar-refractivity contribution in [2.45, 2.75) is 77.2 Å². The molecule has 0 radical (unpaired) electrons. The van der Waals surface area contributed by atoms with Crippen LogP contribution in [0.1, 0.15) is 53.5 Å². The topological polar surface area (TPSA) is 119 Å². The lowest BCUT2D eigenvalue weighted by Gasteiger charge is -2.43. The third-order valence-electron chi connectivity index (χ3n) is 5.31. The summed E-state index contributed by atoms with van der Waals surface area (Å²) in [7, 11) is 0. The summed E-state index contributed by atoms with van der Waals surface area (Å²) in [5.74, 6) is -3.93. The molecule has 1 aromatic rings. The molecule has 1 fully saturated rings. The van der Waals surface area contributed by atoms with Gasteiger partial charge in [-0.05, 0) is 47.1 Å². The Balaban J connectivity index is 2.74. The van der Waals surface area contributed by atoms with Gasteiger partial charge >= 0.3 is 17.9 Å². The van der Waals surface area contributed by atoms with Gasteiger partial charge in [0.05, 0.1) is 19.6 Å². The van der Waals surface area contributed by atoms with Crippen LogP contribution < -0.4 is 0 Å². The molecule has 9 nitrogen and oxygen atoms in total. The highest BCUT2D eigenvalue weighted by atomic mass is 16.6. The largest absolute Gasteiger partial charge is 0.464 e. The van der Waals surface area contributed by atoms with Crippen molar-refractivity contribution in [1.82, 2.24) is 4.90 Å². The third-order valence-corrected chi connectivity index (χ3v) is 5.31. The number of esters is 3. The normalized spacial score (nSPS) is 20.8. The van der Waals surface area contributed by atoms with E-state index in [9.17, 15) is 24.3 Å². The van der Waals surface area contributed by atoms with E-state index in [1.807, 2.05) is 0 Å². The molecule has 2 rings (SSSR count). The van der Waals surface area contributed by atoms with Crippen LogP contribution in [0.3, 0.4) is 0 Å². The summed E-state index contributed by atoms with van der Waals surface area (Å²) < 4.78 is 15.8. The molecule has 182 valence electrons. The fourth-order valence-corrected chi connectivity index (χ4v) is 4.04. The SMILES string of the molecule is CCOC(=O)C1(C(=O)OCC)N([C@H](Cc2ccccc2)C(=O)OC(C)(C)C)C(=O)CC1(C)O. The number of carbonyl (C=O) groups excluding carboxylic acids is 4. The van der Waals surface area contributed by atoms with Gasteiger partial charge < -0.3 is 24.2 Å². The summed E-state index contributed by atoms with van der Waals surface area (Å²) in [6, 6.07) is 7.39. The van der Waals surface area contributed by atoms with Gasteiger partial charge in [0.2, 0.25) is 5.91 Å². The maximum atomic E-state index is 13.4. The summed E-state index contributed by atoms with van der Waals surface area (Å²) in [5, 5.41) is 11.3. The number of nitrogens with zero attached hydrogens (tertiary/aromatic N) is 1. The molecule has 33 heavy (non-hydrogen) atoms. The highest BCUT2D eigenvalue weighted by Gasteiger charge is 2.73. The molecule has 1 saturated heterocycles. The van der Waals surface area contributed by atoms with Gasteiger partial charge in [0.1, 0.15) is 17.2 Å². The average molecular weight is 464 g/mol. The van der Waals surface area contributed by atoms with E-state index in [4.69, 9.17) is 14.2 Å². The fourth-order valence-electron chi connectivity index (χ4n) is 4.04. The molecule has 1 amide bonds. The Bertz CT molecular complexity index is 869. The van der Waals surface area contributed by atoms with Gasteiger partial charge in [0.15, 0.2) is 0 Å². The van der Waals surface area contributed by atoms with Crippen LogP contribution in [0.15, 0.2) is 30.3 Å². The Morgan fingerprint density at radius 2 is 1.58 bits per heavy atom. The van der Waals surface area contributed by atoms with Crippen molar-refractivity contribution >= 4 is 23.8 Å². The first-order chi connectivity index (χ1) is 15.3. The summed E-state index contributed by atoms with van der Waals surface area (Å²) >= 11 is 0. The summed E-state index contributed by atoms with van der Waals surface area (Å²) in [6.45, 7) is 9.00. The van der Waals surface area contributed by atoms with E-state index in [0.717, 1.165) is 4.90 Å². The number of hydrogen-bond donors (Lipinski definition) is 1. The molecule has 0 bridgehead atoms. The van der Waals surface area contributed by atoms with E-state index >= 15 is 0 Å². The highest BCUT2D eigenvalue weighted by molar-refractivity contribution is 6.13. The van der Waals surface area contributed by atoms with Crippen molar-refractivity contribution in [3.05, 3.63) is 35.9 Å². The van der Waals surface area contributed by atoms with Crippen molar-refractivity contribution in [3.63, 3.8) is 0 Å². The number of benzene rings is 1. The highest BCUT2D eigenvalue weighted by Crippen LogP contribution is 2.44. The molecule has 1 unspecified atom stereocenters. The van der Waals surface area contributed by atoms with Crippen molar-refractivity contribution in [3.8, 4) is 0 Å². The van der Waals surface area contributed by atoms with Gasteiger partial charge in [-0.2, -0.15) is 0 Å². The third kappa shape index (κ3) is 5.19. The first kappa shape index (κ1) is 26.3. The Labute approximate surface area is 194 Å². The lowest BCUT2D eigenvalue weighted by Crippen LogP contribution is -2.71. The Kier molecular flexibility index (Phi) is 7.90. The predicted octanol–water partition coefficient (Wildman–Crippen LogP) is 1.79. The van der Waals surface area contributed by atoms with Gasteiger partial charge in [0, 0.05) is 6.42 Å². The van der Waals surface area contributed by atoms with E-state index in [-0.39, 0.29) is 19.6 Å². The molecule has 2 atom stereocenters.